The van der Waals surface area contributed by atoms with Crippen LogP contribution in [0.4, 0.5) is 17.3 Å². The van der Waals surface area contributed by atoms with Crippen molar-refractivity contribution in [3.8, 4) is 27.4 Å². The zero-order chi connectivity index (χ0) is 21.4. The van der Waals surface area contributed by atoms with Gasteiger partial charge in [0.15, 0.2) is 0 Å². The van der Waals surface area contributed by atoms with E-state index in [1.165, 1.54) is 11.8 Å². The maximum atomic E-state index is 11.3. The minimum absolute atomic E-state index is 0.116. The average Bonchev–Trinajstić information content (AvgIpc) is 3.19. The lowest BCUT2D eigenvalue weighted by Crippen LogP contribution is -2.08. The van der Waals surface area contributed by atoms with Crippen molar-refractivity contribution >= 4 is 34.6 Å². The number of carbonyl (C=O) groups is 1. The van der Waals surface area contributed by atoms with Gasteiger partial charge >= 0.3 is 0 Å². The van der Waals surface area contributed by atoms with Crippen molar-refractivity contribution in [3.63, 3.8) is 0 Å². The highest BCUT2D eigenvalue weighted by Crippen LogP contribution is 2.42. The van der Waals surface area contributed by atoms with Gasteiger partial charge in [0.05, 0.1) is 5.69 Å². The molecule has 0 bridgehead atoms. The van der Waals surface area contributed by atoms with E-state index in [4.69, 9.17) is 4.98 Å². The number of thiophene rings is 1. The number of aromatic nitrogens is 2. The lowest BCUT2D eigenvalue weighted by molar-refractivity contribution is -0.114. The van der Waals surface area contributed by atoms with Gasteiger partial charge in [0.1, 0.15) is 5.75 Å². The number of anilines is 3. The number of rotatable bonds is 4. The summed E-state index contributed by atoms with van der Waals surface area (Å²) >= 11 is 1.75. The van der Waals surface area contributed by atoms with Gasteiger partial charge in [0, 0.05) is 39.8 Å². The quantitative estimate of drug-likeness (QED) is 0.406. The number of aromatic hydroxyl groups is 1. The molecule has 0 unspecified atom stereocenters. The summed E-state index contributed by atoms with van der Waals surface area (Å²) in [6, 6.07) is 16.9. The normalized spacial score (nSPS) is 12.0. The number of amides is 1. The van der Waals surface area contributed by atoms with Crippen LogP contribution in [0.15, 0.2) is 60.8 Å². The first-order chi connectivity index (χ1) is 15.0. The summed E-state index contributed by atoms with van der Waals surface area (Å²) in [7, 11) is 0. The molecule has 6 nitrogen and oxygen atoms in total. The molecule has 3 N–H and O–H groups in total. The molecule has 154 valence electrons. The highest BCUT2D eigenvalue weighted by atomic mass is 32.1. The van der Waals surface area contributed by atoms with Gasteiger partial charge in [-0.05, 0) is 60.4 Å². The molecule has 0 spiro atoms. The van der Waals surface area contributed by atoms with E-state index in [0.29, 0.717) is 11.6 Å². The lowest BCUT2D eigenvalue weighted by atomic mass is 9.96. The first kappa shape index (κ1) is 19.3. The number of nitrogens with zero attached hydrogens (tertiary/aromatic N) is 2. The maximum Gasteiger partial charge on any atom is 0.227 e. The Kier molecular flexibility index (Phi) is 4.88. The molecule has 4 aromatic rings. The Morgan fingerprint density at radius 3 is 2.74 bits per heavy atom. The van der Waals surface area contributed by atoms with Gasteiger partial charge in [-0.25, -0.2) is 9.97 Å². The predicted octanol–water partition coefficient (Wildman–Crippen LogP) is 5.38. The summed E-state index contributed by atoms with van der Waals surface area (Å²) in [5.41, 5.74) is 5.72. The first-order valence-electron chi connectivity index (χ1n) is 9.98. The highest BCUT2D eigenvalue weighted by molar-refractivity contribution is 7.16. The van der Waals surface area contributed by atoms with Crippen molar-refractivity contribution in [3.05, 3.63) is 71.2 Å². The fourth-order valence-corrected chi connectivity index (χ4v) is 4.91. The van der Waals surface area contributed by atoms with Crippen LogP contribution in [0.2, 0.25) is 0 Å². The molecule has 0 fully saturated rings. The molecule has 1 amide bonds. The average molecular weight is 429 g/mol. The van der Waals surface area contributed by atoms with E-state index in [1.54, 1.807) is 23.5 Å². The third-order valence-corrected chi connectivity index (χ3v) is 6.36. The summed E-state index contributed by atoms with van der Waals surface area (Å²) < 4.78 is 0. The van der Waals surface area contributed by atoms with Gasteiger partial charge in [0.25, 0.3) is 0 Å². The second-order valence-electron chi connectivity index (χ2n) is 7.45. The van der Waals surface area contributed by atoms with Gasteiger partial charge in [-0.2, -0.15) is 0 Å². The smallest absolute Gasteiger partial charge is 0.227 e. The molecule has 0 aliphatic heterocycles. The van der Waals surface area contributed by atoms with Crippen molar-refractivity contribution in [2.24, 2.45) is 0 Å². The van der Waals surface area contributed by atoms with E-state index in [2.05, 4.69) is 21.7 Å². The molecule has 2 aromatic carbocycles. The van der Waals surface area contributed by atoms with Crippen molar-refractivity contribution in [2.45, 2.75) is 19.8 Å². The van der Waals surface area contributed by atoms with Gasteiger partial charge in [-0.1, -0.05) is 18.2 Å². The predicted molar refractivity (Wildman–Crippen MR) is 124 cm³/mol. The molecule has 0 saturated heterocycles. The number of hydrogen-bond donors (Lipinski definition) is 3. The van der Waals surface area contributed by atoms with Crippen LogP contribution >= 0.6 is 11.3 Å². The minimum atomic E-state index is -0.116. The molecule has 7 heteroatoms. The Labute approximate surface area is 183 Å². The number of fused-ring (bicyclic) bond motifs is 3. The summed E-state index contributed by atoms with van der Waals surface area (Å²) in [6.07, 6.45) is 3.75. The molecule has 2 heterocycles. The SMILES string of the molecule is CC(=O)Nc1cccc(Nc2ncc3c(n2)-c2cc(-c4cccc(O)c4)sc2CC3)c1. The maximum absolute atomic E-state index is 11.3. The highest BCUT2D eigenvalue weighted by Gasteiger charge is 2.22. The Bertz CT molecular complexity index is 1300. The number of phenols is 1. The summed E-state index contributed by atoms with van der Waals surface area (Å²) in [6.45, 7) is 1.48. The van der Waals surface area contributed by atoms with Gasteiger partial charge in [-0.15, -0.1) is 11.3 Å². The first-order valence-corrected chi connectivity index (χ1v) is 10.8. The molecule has 0 saturated carbocycles. The minimum Gasteiger partial charge on any atom is -0.508 e. The van der Waals surface area contributed by atoms with Crippen LogP contribution in [-0.4, -0.2) is 21.0 Å². The van der Waals surface area contributed by atoms with E-state index < -0.39 is 0 Å². The topological polar surface area (TPSA) is 87.1 Å². The molecule has 2 aromatic heterocycles. The monoisotopic (exact) mass is 428 g/mol. The summed E-state index contributed by atoms with van der Waals surface area (Å²) in [5.74, 6) is 0.658. The van der Waals surface area contributed by atoms with Crippen LogP contribution in [0.1, 0.15) is 17.4 Å². The van der Waals surface area contributed by atoms with Crippen LogP contribution in [0.25, 0.3) is 21.7 Å². The molecular weight excluding hydrogens is 408 g/mol. The van der Waals surface area contributed by atoms with Crippen molar-refractivity contribution < 1.29 is 9.90 Å². The molecule has 31 heavy (non-hydrogen) atoms. The van der Waals surface area contributed by atoms with Crippen molar-refractivity contribution in [2.75, 3.05) is 10.6 Å². The standard InChI is InChI=1S/C24H20N4O2S/c1-14(29)26-17-5-3-6-18(11-17)27-24-25-13-16-8-9-21-20(23(16)28-24)12-22(31-21)15-4-2-7-19(30)10-15/h2-7,10-13,30H,8-9H2,1H3,(H,26,29)(H,25,27,28). The van der Waals surface area contributed by atoms with E-state index in [-0.39, 0.29) is 11.7 Å². The van der Waals surface area contributed by atoms with Crippen LogP contribution < -0.4 is 10.6 Å². The number of hydrogen-bond acceptors (Lipinski definition) is 6. The largest absolute Gasteiger partial charge is 0.508 e. The molecule has 0 radical (unpaired) electrons. The van der Waals surface area contributed by atoms with E-state index in [0.717, 1.165) is 45.8 Å². The molecule has 5 rings (SSSR count). The van der Waals surface area contributed by atoms with Crippen LogP contribution in [0, 0.1) is 0 Å². The zero-order valence-corrected chi connectivity index (χ0v) is 17.7. The number of aryl methyl sites for hydroxylation is 2. The van der Waals surface area contributed by atoms with Gasteiger partial charge < -0.3 is 15.7 Å². The van der Waals surface area contributed by atoms with E-state index in [9.17, 15) is 9.90 Å². The third kappa shape index (κ3) is 4.00. The zero-order valence-electron chi connectivity index (χ0n) is 16.8. The van der Waals surface area contributed by atoms with Gasteiger partial charge in [0.2, 0.25) is 11.9 Å². The number of benzene rings is 2. The second kappa shape index (κ2) is 7.85. The van der Waals surface area contributed by atoms with Crippen LogP contribution in [0.3, 0.4) is 0 Å². The fraction of sp³-hybridized carbons (Fsp3) is 0.125. The van der Waals surface area contributed by atoms with Crippen molar-refractivity contribution in [1.29, 1.82) is 0 Å². The number of carbonyl (C=O) groups excluding carboxylic acids is 1. The third-order valence-electron chi connectivity index (χ3n) is 5.12. The van der Waals surface area contributed by atoms with Gasteiger partial charge in [-0.3, -0.25) is 4.79 Å². The fourth-order valence-electron chi connectivity index (χ4n) is 3.75. The molecular formula is C24H20N4O2S. The second-order valence-corrected chi connectivity index (χ2v) is 8.59. The summed E-state index contributed by atoms with van der Waals surface area (Å²) in [4.78, 5) is 23.0. The molecule has 1 aliphatic rings. The number of nitrogens with one attached hydrogen (secondary N) is 2. The van der Waals surface area contributed by atoms with E-state index in [1.807, 2.05) is 42.6 Å². The van der Waals surface area contributed by atoms with E-state index >= 15 is 0 Å². The Hall–Kier alpha value is -3.71. The van der Waals surface area contributed by atoms with Crippen molar-refractivity contribution in [1.82, 2.24) is 9.97 Å². The molecule has 1 aliphatic carbocycles. The molecule has 0 atom stereocenters. The summed E-state index contributed by atoms with van der Waals surface area (Å²) in [5, 5.41) is 15.9. The van der Waals surface area contributed by atoms with Crippen LogP contribution in [0.5, 0.6) is 5.75 Å². The Morgan fingerprint density at radius 1 is 1.06 bits per heavy atom. The number of phenolic OH excluding ortho intramolecular Hbond substituents is 1. The lowest BCUT2D eigenvalue weighted by Gasteiger charge is -2.16. The Balaban J connectivity index is 1.47. The van der Waals surface area contributed by atoms with Crippen LogP contribution in [-0.2, 0) is 17.6 Å². The Morgan fingerprint density at radius 2 is 1.90 bits per heavy atom.